The summed E-state index contributed by atoms with van der Waals surface area (Å²) in [5.74, 6) is 0.364. The van der Waals surface area contributed by atoms with Crippen molar-refractivity contribution >= 4 is 21.8 Å². The molecule has 2 N–H and O–H groups in total. The molecule has 1 fully saturated rings. The van der Waals surface area contributed by atoms with E-state index in [1.54, 1.807) is 23.1 Å². The van der Waals surface area contributed by atoms with Gasteiger partial charge in [-0.05, 0) is 11.6 Å². The van der Waals surface area contributed by atoms with Gasteiger partial charge in [-0.2, -0.15) is 0 Å². The molecule has 25 heavy (non-hydrogen) atoms. The number of carbonyl (C=O) groups is 1. The fourth-order valence-corrected chi connectivity index (χ4v) is 3.71. The number of fused-ring (bicyclic) bond motifs is 1. The topological polar surface area (TPSA) is 102 Å². The van der Waals surface area contributed by atoms with Crippen LogP contribution in [-0.4, -0.2) is 44.8 Å². The molecule has 0 saturated carbocycles. The van der Waals surface area contributed by atoms with E-state index in [9.17, 15) is 13.2 Å². The van der Waals surface area contributed by atoms with Crippen molar-refractivity contribution in [3.8, 4) is 5.75 Å². The van der Waals surface area contributed by atoms with Gasteiger partial charge in [0.2, 0.25) is 0 Å². The third-order valence-electron chi connectivity index (χ3n) is 3.73. The van der Waals surface area contributed by atoms with Crippen LogP contribution in [0.2, 0.25) is 0 Å². The van der Waals surface area contributed by atoms with Crippen LogP contribution in [0.15, 0.2) is 22.6 Å². The standard InChI is InChI=1S/C14H16N3O4S.C2H6.Y/c1-9(18)17-5-10(6-17)7-21-12-4-2-3-11-8-22(19,20)16-14(15)13(11)12;1-2;/h2-4,10H,1,5-8H2,(H2,15,16);1-2H3;/q-1;;. The van der Waals surface area contributed by atoms with Gasteiger partial charge in [0.1, 0.15) is 11.6 Å². The summed E-state index contributed by atoms with van der Waals surface area (Å²) in [5, 5.41) is 0. The average molecular weight is 441 g/mol. The molecule has 0 unspecified atom stereocenters. The monoisotopic (exact) mass is 441 g/mol. The molecule has 135 valence electrons. The Bertz CT molecular complexity index is 759. The Morgan fingerprint density at radius 2 is 2.04 bits per heavy atom. The molecule has 9 heteroatoms. The predicted molar refractivity (Wildman–Crippen MR) is 92.1 cm³/mol. The zero-order valence-electron chi connectivity index (χ0n) is 14.4. The molecule has 1 amide bonds. The second-order valence-electron chi connectivity index (χ2n) is 5.47. The molecule has 0 aliphatic carbocycles. The van der Waals surface area contributed by atoms with Crippen molar-refractivity contribution in [2.45, 2.75) is 19.6 Å². The summed E-state index contributed by atoms with van der Waals surface area (Å²) >= 11 is 0. The Kier molecular flexibility index (Phi) is 7.90. The predicted octanol–water partition coefficient (Wildman–Crippen LogP) is 0.930. The number of benzene rings is 1. The van der Waals surface area contributed by atoms with Crippen molar-refractivity contribution in [2.24, 2.45) is 16.0 Å². The van der Waals surface area contributed by atoms with Crippen LogP contribution >= 0.6 is 0 Å². The number of amides is 1. The first kappa shape index (κ1) is 21.9. The molecular weight excluding hydrogens is 419 g/mol. The molecule has 1 saturated heterocycles. The Morgan fingerprint density at radius 3 is 2.64 bits per heavy atom. The summed E-state index contributed by atoms with van der Waals surface area (Å²) in [5.41, 5.74) is 6.90. The van der Waals surface area contributed by atoms with Crippen molar-refractivity contribution in [1.29, 1.82) is 0 Å². The van der Waals surface area contributed by atoms with Gasteiger partial charge in [-0.3, -0.25) is 0 Å². The summed E-state index contributed by atoms with van der Waals surface area (Å²) in [6, 6.07) is 5.17. The Hall–Kier alpha value is -1.12. The maximum atomic E-state index is 11.6. The van der Waals surface area contributed by atoms with Gasteiger partial charge < -0.3 is 27.1 Å². The normalized spacial score (nSPS) is 17.7. The largest absolute Gasteiger partial charge is 0.492 e. The fourth-order valence-electron chi connectivity index (χ4n) is 2.62. The molecule has 7 nitrogen and oxygen atoms in total. The molecule has 0 atom stereocenters. The molecule has 1 radical (unpaired) electrons. The molecule has 0 spiro atoms. The number of sulfonamides is 1. The van der Waals surface area contributed by atoms with Crippen LogP contribution in [-0.2, 0) is 53.3 Å². The molecule has 3 rings (SSSR count). The summed E-state index contributed by atoms with van der Waals surface area (Å²) < 4.78 is 32.5. The van der Waals surface area contributed by atoms with E-state index in [1.807, 2.05) is 13.8 Å². The van der Waals surface area contributed by atoms with Gasteiger partial charge in [-0.25, -0.2) is 8.42 Å². The zero-order chi connectivity index (χ0) is 17.9. The van der Waals surface area contributed by atoms with E-state index in [0.29, 0.717) is 36.6 Å². The van der Waals surface area contributed by atoms with Gasteiger partial charge in [0, 0.05) is 51.7 Å². The van der Waals surface area contributed by atoms with Crippen molar-refractivity contribution in [2.75, 3.05) is 19.7 Å². The van der Waals surface area contributed by atoms with E-state index < -0.39 is 10.0 Å². The van der Waals surface area contributed by atoms with Crippen LogP contribution in [0.1, 0.15) is 25.0 Å². The number of likely N-dealkylation sites (tertiary alicyclic amines) is 1. The smallest absolute Gasteiger partial charge is 0.259 e. The second-order valence-corrected chi connectivity index (χ2v) is 7.10. The molecule has 1 aromatic rings. The summed E-state index contributed by atoms with van der Waals surface area (Å²) in [7, 11) is -3.55. The van der Waals surface area contributed by atoms with Crippen LogP contribution in [0.25, 0.3) is 0 Å². The first-order valence-electron chi connectivity index (χ1n) is 7.80. The van der Waals surface area contributed by atoms with Gasteiger partial charge in [0.05, 0.1) is 23.8 Å². The molecule has 2 aliphatic rings. The number of nitrogens with zero attached hydrogens (tertiary/aromatic N) is 2. The first-order valence-corrected chi connectivity index (χ1v) is 9.40. The number of nitrogens with two attached hydrogens (primary N) is 1. The summed E-state index contributed by atoms with van der Waals surface area (Å²) in [4.78, 5) is 12.7. The van der Waals surface area contributed by atoms with E-state index in [1.165, 1.54) is 0 Å². The number of carbonyl (C=O) groups excluding carboxylic acids is 1. The third kappa shape index (κ3) is 5.18. The number of rotatable bonds is 3. The average Bonchev–Trinajstić information content (AvgIpc) is 2.45. The number of hydrogen-bond acceptors (Lipinski definition) is 5. The molecule has 2 heterocycles. The minimum atomic E-state index is -3.55. The second kappa shape index (κ2) is 9.01. The van der Waals surface area contributed by atoms with Crippen molar-refractivity contribution in [1.82, 2.24) is 4.90 Å². The minimum Gasteiger partial charge on any atom is -0.492 e. The minimum absolute atomic E-state index is 0. The quantitative estimate of drug-likeness (QED) is 0.704. The van der Waals surface area contributed by atoms with Crippen molar-refractivity contribution < 1.29 is 50.7 Å². The number of ether oxygens (including phenoxy) is 1. The van der Waals surface area contributed by atoms with Crippen molar-refractivity contribution in [3.05, 3.63) is 36.2 Å². The van der Waals surface area contributed by atoms with E-state index in [-0.39, 0.29) is 56.1 Å². The summed E-state index contributed by atoms with van der Waals surface area (Å²) in [6.07, 6.45) is 0. The molecule has 0 bridgehead atoms. The molecular formula is C16H22N3O4SY-. The molecule has 0 aromatic heterocycles. The van der Waals surface area contributed by atoms with Crippen LogP contribution in [0.3, 0.4) is 0 Å². The first-order chi connectivity index (χ1) is 11.4. The summed E-state index contributed by atoms with van der Waals surface area (Å²) in [6.45, 7) is 9.02. The Morgan fingerprint density at radius 1 is 1.40 bits per heavy atom. The maximum Gasteiger partial charge on any atom is 0.259 e. The van der Waals surface area contributed by atoms with Gasteiger partial charge in [0.25, 0.3) is 10.0 Å². The van der Waals surface area contributed by atoms with E-state index in [4.69, 9.17) is 10.5 Å². The van der Waals surface area contributed by atoms with Gasteiger partial charge in [-0.15, -0.1) is 4.40 Å². The maximum absolute atomic E-state index is 11.6. The van der Waals surface area contributed by atoms with Crippen LogP contribution in [0.5, 0.6) is 5.75 Å². The van der Waals surface area contributed by atoms with E-state index in [0.717, 1.165) is 0 Å². The van der Waals surface area contributed by atoms with Crippen molar-refractivity contribution in [3.63, 3.8) is 0 Å². The van der Waals surface area contributed by atoms with Gasteiger partial charge >= 0.3 is 0 Å². The Balaban J connectivity index is 0.00000101. The van der Waals surface area contributed by atoms with Crippen LogP contribution in [0.4, 0.5) is 0 Å². The molecule has 1 aromatic carbocycles. The zero-order valence-corrected chi connectivity index (χ0v) is 18.1. The third-order valence-corrected chi connectivity index (χ3v) is 4.88. The molecule has 2 aliphatic heterocycles. The SMILES string of the molecule is CC.[CH2-]C(=O)N1CC(COc2cccc3c2C(N)=NS(=O)(=O)C3)C1.[Y]. The van der Waals surface area contributed by atoms with Crippen LogP contribution < -0.4 is 10.5 Å². The fraction of sp³-hybridized carbons (Fsp3) is 0.438. The Labute approximate surface area is 173 Å². The van der Waals surface area contributed by atoms with Gasteiger partial charge in [0.15, 0.2) is 0 Å². The van der Waals surface area contributed by atoms with Crippen LogP contribution in [0, 0.1) is 12.8 Å². The van der Waals surface area contributed by atoms with Gasteiger partial charge in [-0.1, -0.05) is 26.0 Å². The number of hydrogen-bond donors (Lipinski definition) is 1. The van der Waals surface area contributed by atoms with E-state index in [2.05, 4.69) is 11.3 Å². The number of amidine groups is 1. The van der Waals surface area contributed by atoms with E-state index >= 15 is 0 Å².